The molecule has 2 aliphatic carbocycles. The highest BCUT2D eigenvalue weighted by molar-refractivity contribution is 9.12. The van der Waals surface area contributed by atoms with Crippen LogP contribution in [0.4, 0.5) is 5.69 Å². The summed E-state index contributed by atoms with van der Waals surface area (Å²) >= 11 is 19.3. The molecule has 0 spiro atoms. The third-order valence-electron chi connectivity index (χ3n) is 6.57. The molecular formula is C21H22Br2Cl2N2O3. The SMILES string of the molecule is O=C(CCCCCN1C(=O)[C@@H]2[C@H]3C[C@@H]([C@H](Br)[C@H]3Br)[C@@H]2C1=O)Nc1ccc(Cl)cc1Cl. The van der Waals surface area contributed by atoms with E-state index in [1.54, 1.807) is 18.2 Å². The van der Waals surface area contributed by atoms with Gasteiger partial charge in [0.15, 0.2) is 0 Å². The molecule has 2 saturated carbocycles. The summed E-state index contributed by atoms with van der Waals surface area (Å²) in [5.74, 6) is 0.0490. The van der Waals surface area contributed by atoms with Gasteiger partial charge in [0.1, 0.15) is 0 Å². The molecule has 30 heavy (non-hydrogen) atoms. The zero-order valence-electron chi connectivity index (χ0n) is 16.1. The molecule has 1 aromatic carbocycles. The average molecular weight is 581 g/mol. The summed E-state index contributed by atoms with van der Waals surface area (Å²) in [6, 6.07) is 4.93. The lowest BCUT2D eigenvalue weighted by molar-refractivity contribution is -0.140. The van der Waals surface area contributed by atoms with E-state index in [1.165, 1.54) is 4.90 Å². The second kappa shape index (κ2) is 9.08. The number of imide groups is 1. The first kappa shape index (κ1) is 22.6. The Morgan fingerprint density at radius 1 is 1.03 bits per heavy atom. The van der Waals surface area contributed by atoms with Gasteiger partial charge in [-0.05, 0) is 49.3 Å². The Bertz CT molecular complexity index is 852. The van der Waals surface area contributed by atoms with Crippen LogP contribution in [0.25, 0.3) is 0 Å². The molecule has 1 aromatic rings. The van der Waals surface area contributed by atoms with E-state index >= 15 is 0 Å². The Labute approximate surface area is 202 Å². The van der Waals surface area contributed by atoms with Crippen molar-refractivity contribution >= 4 is 78.5 Å². The van der Waals surface area contributed by atoms with E-state index in [9.17, 15) is 14.4 Å². The zero-order valence-corrected chi connectivity index (χ0v) is 20.8. The third-order valence-corrected chi connectivity index (χ3v) is 10.3. The van der Waals surface area contributed by atoms with Gasteiger partial charge in [0.25, 0.3) is 0 Å². The highest BCUT2D eigenvalue weighted by Crippen LogP contribution is 2.60. The Morgan fingerprint density at radius 2 is 1.67 bits per heavy atom. The van der Waals surface area contributed by atoms with Crippen molar-refractivity contribution in [1.82, 2.24) is 4.90 Å². The van der Waals surface area contributed by atoms with E-state index in [1.807, 2.05) is 0 Å². The average Bonchev–Trinajstić information content (AvgIpc) is 3.30. The lowest BCUT2D eigenvalue weighted by atomic mass is 9.81. The van der Waals surface area contributed by atoms with Crippen LogP contribution in [-0.4, -0.2) is 38.8 Å². The maximum Gasteiger partial charge on any atom is 0.233 e. The van der Waals surface area contributed by atoms with Gasteiger partial charge in [-0.25, -0.2) is 0 Å². The van der Waals surface area contributed by atoms with E-state index in [4.69, 9.17) is 23.2 Å². The third kappa shape index (κ3) is 4.07. The minimum atomic E-state index is -0.157. The fourth-order valence-electron chi connectivity index (χ4n) is 5.17. The molecule has 1 heterocycles. The zero-order chi connectivity index (χ0) is 21.6. The van der Waals surface area contributed by atoms with Crippen LogP contribution >= 0.6 is 55.1 Å². The molecule has 1 saturated heterocycles. The van der Waals surface area contributed by atoms with E-state index < -0.39 is 0 Å². The lowest BCUT2D eigenvalue weighted by Gasteiger charge is -2.28. The summed E-state index contributed by atoms with van der Waals surface area (Å²) in [4.78, 5) is 39.8. The molecule has 9 heteroatoms. The fourth-order valence-corrected chi connectivity index (χ4v) is 7.50. The number of likely N-dealkylation sites (tertiary alicyclic amines) is 1. The van der Waals surface area contributed by atoms with E-state index in [2.05, 4.69) is 37.2 Å². The van der Waals surface area contributed by atoms with E-state index in [0.717, 1.165) is 12.8 Å². The van der Waals surface area contributed by atoms with Gasteiger partial charge in [0, 0.05) is 27.6 Å². The van der Waals surface area contributed by atoms with Crippen molar-refractivity contribution in [1.29, 1.82) is 0 Å². The van der Waals surface area contributed by atoms with Gasteiger partial charge in [0.2, 0.25) is 17.7 Å². The number of benzene rings is 1. The number of hydrogen-bond acceptors (Lipinski definition) is 3. The van der Waals surface area contributed by atoms with E-state index in [-0.39, 0.29) is 51.0 Å². The van der Waals surface area contributed by atoms with Crippen LogP contribution in [-0.2, 0) is 14.4 Å². The molecule has 3 amide bonds. The molecule has 0 aromatic heterocycles. The number of carbonyl (C=O) groups excluding carboxylic acids is 3. The Hall–Kier alpha value is -0.630. The number of unbranched alkanes of at least 4 members (excludes halogenated alkanes) is 2. The van der Waals surface area contributed by atoms with Crippen molar-refractivity contribution in [2.24, 2.45) is 23.7 Å². The summed E-state index contributed by atoms with van der Waals surface area (Å²) in [6.45, 7) is 0.439. The Morgan fingerprint density at radius 3 is 2.27 bits per heavy atom. The van der Waals surface area contributed by atoms with Gasteiger partial charge in [-0.1, -0.05) is 61.5 Å². The summed E-state index contributed by atoms with van der Waals surface area (Å²) in [7, 11) is 0. The highest BCUT2D eigenvalue weighted by atomic mass is 79.9. The molecule has 5 nitrogen and oxygen atoms in total. The monoisotopic (exact) mass is 578 g/mol. The number of halogens is 4. The van der Waals surface area contributed by atoms with Gasteiger partial charge in [-0.3, -0.25) is 19.3 Å². The van der Waals surface area contributed by atoms with Gasteiger partial charge >= 0.3 is 0 Å². The number of carbonyl (C=O) groups is 3. The van der Waals surface area contributed by atoms with Crippen LogP contribution < -0.4 is 5.32 Å². The minimum Gasteiger partial charge on any atom is -0.325 e. The van der Waals surface area contributed by atoms with Gasteiger partial charge in [-0.15, -0.1) is 0 Å². The number of hydrogen-bond donors (Lipinski definition) is 1. The van der Waals surface area contributed by atoms with Crippen LogP contribution in [0.15, 0.2) is 18.2 Å². The quantitative estimate of drug-likeness (QED) is 0.271. The predicted octanol–water partition coefficient (Wildman–Crippen LogP) is 5.27. The van der Waals surface area contributed by atoms with Crippen molar-refractivity contribution in [2.45, 2.75) is 41.8 Å². The van der Waals surface area contributed by atoms with Crippen molar-refractivity contribution < 1.29 is 14.4 Å². The lowest BCUT2D eigenvalue weighted by Crippen LogP contribution is -2.37. The van der Waals surface area contributed by atoms with Crippen molar-refractivity contribution in [2.75, 3.05) is 11.9 Å². The molecule has 6 atom stereocenters. The highest BCUT2D eigenvalue weighted by Gasteiger charge is 2.66. The molecular weight excluding hydrogens is 559 g/mol. The van der Waals surface area contributed by atoms with Crippen LogP contribution in [0.2, 0.25) is 10.0 Å². The first-order valence-electron chi connectivity index (χ1n) is 10.2. The molecule has 0 radical (unpaired) electrons. The summed E-state index contributed by atoms with van der Waals surface area (Å²) < 4.78 is 0. The van der Waals surface area contributed by atoms with Crippen LogP contribution in [0.1, 0.15) is 32.1 Å². The normalized spacial score (nSPS) is 32.1. The van der Waals surface area contributed by atoms with Gasteiger partial charge in [-0.2, -0.15) is 0 Å². The molecule has 162 valence electrons. The van der Waals surface area contributed by atoms with E-state index in [0.29, 0.717) is 41.5 Å². The first-order valence-corrected chi connectivity index (χ1v) is 12.8. The minimum absolute atomic E-state index is 0.00327. The topological polar surface area (TPSA) is 66.5 Å². The van der Waals surface area contributed by atoms with Crippen LogP contribution in [0.5, 0.6) is 0 Å². The molecule has 2 bridgehead atoms. The molecule has 1 N–H and O–H groups in total. The molecule has 3 aliphatic rings. The number of fused-ring (bicyclic) bond motifs is 5. The second-order valence-electron chi connectivity index (χ2n) is 8.31. The van der Waals surface area contributed by atoms with Crippen molar-refractivity contribution in [3.63, 3.8) is 0 Å². The summed E-state index contributed by atoms with van der Waals surface area (Å²) in [5.41, 5.74) is 0.538. The summed E-state index contributed by atoms with van der Waals surface area (Å²) in [6.07, 6.45) is 3.45. The first-order chi connectivity index (χ1) is 14.3. The predicted molar refractivity (Wildman–Crippen MR) is 124 cm³/mol. The van der Waals surface area contributed by atoms with Crippen molar-refractivity contribution in [3.8, 4) is 0 Å². The smallest absolute Gasteiger partial charge is 0.233 e. The van der Waals surface area contributed by atoms with Crippen LogP contribution in [0.3, 0.4) is 0 Å². The number of amides is 3. The maximum atomic E-state index is 12.9. The molecule has 4 rings (SSSR count). The van der Waals surface area contributed by atoms with Crippen LogP contribution in [0, 0.1) is 23.7 Å². The van der Waals surface area contributed by atoms with Crippen molar-refractivity contribution in [3.05, 3.63) is 28.2 Å². The molecule has 0 unspecified atom stereocenters. The molecule has 1 aliphatic heterocycles. The maximum absolute atomic E-state index is 12.9. The summed E-state index contributed by atoms with van der Waals surface area (Å²) in [5, 5.41) is 3.69. The Kier molecular flexibility index (Phi) is 6.83. The number of alkyl halides is 2. The largest absolute Gasteiger partial charge is 0.325 e. The van der Waals surface area contributed by atoms with Gasteiger partial charge < -0.3 is 5.32 Å². The standard InChI is InChI=1S/C21H22Br2Cl2N2O3/c22-18-11-9-12(19(18)23)17-16(11)20(29)27(21(17)30)7-3-1-2-4-15(28)26-14-6-5-10(24)8-13(14)25/h5-6,8,11-12,16-19H,1-4,7,9H2,(H,26,28)/t11-,12-,16-,17+,18+,19+/m1/s1. The molecule has 3 fully saturated rings. The second-order valence-corrected chi connectivity index (χ2v) is 11.3. The number of anilines is 1. The Balaban J connectivity index is 1.21. The number of nitrogens with zero attached hydrogens (tertiary/aromatic N) is 1. The number of rotatable bonds is 7. The number of nitrogens with one attached hydrogen (secondary N) is 1. The fraction of sp³-hybridized carbons (Fsp3) is 0.571. The van der Waals surface area contributed by atoms with Gasteiger partial charge in [0.05, 0.1) is 22.5 Å².